The average molecular weight is 379 g/mol. The van der Waals surface area contributed by atoms with Crippen LogP contribution in [0.4, 0.5) is 5.69 Å². The molecule has 0 amide bonds. The number of ether oxygens (including phenoxy) is 3. The lowest BCUT2D eigenvalue weighted by Gasteiger charge is -2.20. The van der Waals surface area contributed by atoms with Crippen molar-refractivity contribution in [3.8, 4) is 5.75 Å². The van der Waals surface area contributed by atoms with Gasteiger partial charge in [-0.3, -0.25) is 14.9 Å². The highest BCUT2D eigenvalue weighted by atomic mass is 16.7. The Bertz CT molecular complexity index is 1060. The lowest BCUT2D eigenvalue weighted by atomic mass is 10.1. The fourth-order valence-corrected chi connectivity index (χ4v) is 3.22. The van der Waals surface area contributed by atoms with Gasteiger partial charge in [0.15, 0.2) is 6.79 Å². The summed E-state index contributed by atoms with van der Waals surface area (Å²) in [5, 5.41) is 13.3. The van der Waals surface area contributed by atoms with E-state index in [0.717, 1.165) is 16.3 Å². The van der Waals surface area contributed by atoms with Crippen LogP contribution < -0.4 is 4.74 Å². The predicted octanol–water partition coefficient (Wildman–Crippen LogP) is 3.90. The first-order valence-electron chi connectivity index (χ1n) is 8.74. The molecule has 0 aliphatic carbocycles. The zero-order chi connectivity index (χ0) is 19.5. The first-order chi connectivity index (χ1) is 13.6. The Morgan fingerprint density at radius 1 is 1.11 bits per heavy atom. The molecule has 0 aromatic heterocycles. The zero-order valence-corrected chi connectivity index (χ0v) is 14.9. The number of carbonyl (C=O) groups excluding carboxylic acids is 1. The number of non-ortho nitro benzene ring substituents is 1. The molecule has 142 valence electrons. The summed E-state index contributed by atoms with van der Waals surface area (Å²) in [5.41, 5.74) is 1.78. The van der Waals surface area contributed by atoms with Crippen LogP contribution in [0, 0.1) is 10.1 Å². The van der Waals surface area contributed by atoms with Gasteiger partial charge >= 0.3 is 5.97 Å². The molecule has 7 nitrogen and oxygen atoms in total. The van der Waals surface area contributed by atoms with Crippen molar-refractivity contribution in [1.82, 2.24) is 0 Å². The van der Waals surface area contributed by atoms with E-state index in [0.29, 0.717) is 16.9 Å². The smallest absolute Gasteiger partial charge is 0.310 e. The number of rotatable bonds is 5. The molecule has 0 unspecified atom stereocenters. The summed E-state index contributed by atoms with van der Waals surface area (Å²) in [7, 11) is 0. The third-order valence-electron chi connectivity index (χ3n) is 4.53. The van der Waals surface area contributed by atoms with Crippen molar-refractivity contribution in [3.05, 3.63) is 81.4 Å². The van der Waals surface area contributed by atoms with Crippen LogP contribution in [0.1, 0.15) is 16.7 Å². The van der Waals surface area contributed by atoms with Gasteiger partial charge in [-0.2, -0.15) is 0 Å². The molecular weight excluding hydrogens is 362 g/mol. The SMILES string of the molecule is O=C(Cc1ccc2ccccc2c1)OCc1cc([N+](=O)[O-])cc2c1OCOC2. The normalized spacial score (nSPS) is 12.9. The Balaban J connectivity index is 1.48. The largest absolute Gasteiger partial charge is 0.467 e. The van der Waals surface area contributed by atoms with Gasteiger partial charge in [-0.1, -0.05) is 42.5 Å². The van der Waals surface area contributed by atoms with Crippen LogP contribution >= 0.6 is 0 Å². The Kier molecular flexibility index (Phi) is 4.90. The molecule has 1 heterocycles. The Morgan fingerprint density at radius 2 is 1.93 bits per heavy atom. The number of nitro benzene ring substituents is 1. The minimum Gasteiger partial charge on any atom is -0.467 e. The van der Waals surface area contributed by atoms with E-state index >= 15 is 0 Å². The molecule has 0 saturated carbocycles. The number of nitrogens with zero attached hydrogens (tertiary/aromatic N) is 1. The molecule has 0 saturated heterocycles. The molecule has 0 bridgehead atoms. The third kappa shape index (κ3) is 3.79. The van der Waals surface area contributed by atoms with Crippen molar-refractivity contribution in [1.29, 1.82) is 0 Å². The van der Waals surface area contributed by atoms with Crippen LogP contribution in [0.3, 0.4) is 0 Å². The maximum atomic E-state index is 12.3. The van der Waals surface area contributed by atoms with Gasteiger partial charge in [0.05, 0.1) is 18.0 Å². The fraction of sp³-hybridized carbons (Fsp3) is 0.190. The highest BCUT2D eigenvalue weighted by molar-refractivity contribution is 5.84. The summed E-state index contributed by atoms with van der Waals surface area (Å²) in [6, 6.07) is 16.5. The Labute approximate surface area is 160 Å². The van der Waals surface area contributed by atoms with Crippen molar-refractivity contribution in [2.75, 3.05) is 6.79 Å². The number of benzene rings is 3. The summed E-state index contributed by atoms with van der Waals surface area (Å²) in [5.74, 6) is 0.0675. The first-order valence-corrected chi connectivity index (χ1v) is 8.74. The molecule has 3 aromatic rings. The van der Waals surface area contributed by atoms with Gasteiger partial charge in [0.25, 0.3) is 5.69 Å². The molecule has 28 heavy (non-hydrogen) atoms. The molecular formula is C21H17NO6. The molecule has 0 radical (unpaired) electrons. The number of fused-ring (bicyclic) bond motifs is 2. The van der Waals surface area contributed by atoms with Crippen molar-refractivity contribution in [2.24, 2.45) is 0 Å². The predicted molar refractivity (Wildman–Crippen MR) is 101 cm³/mol. The maximum absolute atomic E-state index is 12.3. The number of hydrogen-bond donors (Lipinski definition) is 0. The topological polar surface area (TPSA) is 87.9 Å². The van der Waals surface area contributed by atoms with Gasteiger partial charge in [-0.25, -0.2) is 0 Å². The van der Waals surface area contributed by atoms with Crippen molar-refractivity contribution in [3.63, 3.8) is 0 Å². The van der Waals surface area contributed by atoms with E-state index < -0.39 is 10.9 Å². The monoisotopic (exact) mass is 379 g/mol. The number of nitro groups is 1. The summed E-state index contributed by atoms with van der Waals surface area (Å²) in [6.07, 6.45) is 0.117. The van der Waals surface area contributed by atoms with Gasteiger partial charge in [-0.15, -0.1) is 0 Å². The Hall–Kier alpha value is -3.45. The molecule has 1 aliphatic rings. The maximum Gasteiger partial charge on any atom is 0.310 e. The van der Waals surface area contributed by atoms with Crippen LogP contribution in [0.25, 0.3) is 10.8 Å². The lowest BCUT2D eigenvalue weighted by molar-refractivity contribution is -0.385. The summed E-state index contributed by atoms with van der Waals surface area (Å²) < 4.78 is 16.0. The summed E-state index contributed by atoms with van der Waals surface area (Å²) >= 11 is 0. The van der Waals surface area contributed by atoms with Crippen molar-refractivity contribution in [2.45, 2.75) is 19.6 Å². The molecule has 0 atom stereocenters. The molecule has 0 N–H and O–H groups in total. The fourth-order valence-electron chi connectivity index (χ4n) is 3.22. The van der Waals surface area contributed by atoms with Crippen LogP contribution in [-0.4, -0.2) is 17.7 Å². The van der Waals surface area contributed by atoms with Crippen molar-refractivity contribution >= 4 is 22.4 Å². The van der Waals surface area contributed by atoms with Crippen LogP contribution in [0.15, 0.2) is 54.6 Å². The molecule has 0 spiro atoms. The molecule has 4 rings (SSSR count). The Morgan fingerprint density at radius 3 is 2.75 bits per heavy atom. The van der Waals surface area contributed by atoms with E-state index in [2.05, 4.69) is 0 Å². The molecule has 1 aliphatic heterocycles. The second kappa shape index (κ2) is 7.66. The van der Waals surface area contributed by atoms with Crippen LogP contribution in [0.5, 0.6) is 5.75 Å². The number of hydrogen-bond acceptors (Lipinski definition) is 6. The van der Waals surface area contributed by atoms with Gasteiger partial charge in [0.1, 0.15) is 12.4 Å². The minimum atomic E-state index is -0.491. The minimum absolute atomic E-state index is 0.0584. The number of esters is 1. The second-order valence-corrected chi connectivity index (χ2v) is 6.48. The van der Waals surface area contributed by atoms with Crippen molar-refractivity contribution < 1.29 is 23.9 Å². The third-order valence-corrected chi connectivity index (χ3v) is 4.53. The standard InChI is InChI=1S/C21H17NO6/c23-20(8-14-5-6-15-3-1-2-4-16(15)7-14)27-12-18-10-19(22(24)25)9-17-11-26-13-28-21(17)18/h1-7,9-10H,8,11-13H2. The molecule has 7 heteroatoms. The quantitative estimate of drug-likeness (QED) is 0.380. The van der Waals surface area contributed by atoms with Gasteiger partial charge in [0, 0.05) is 23.3 Å². The van der Waals surface area contributed by atoms with E-state index in [-0.39, 0.29) is 32.1 Å². The average Bonchev–Trinajstić information content (AvgIpc) is 2.71. The first kappa shape index (κ1) is 17.9. The summed E-state index contributed by atoms with van der Waals surface area (Å²) in [4.78, 5) is 22.9. The highest BCUT2D eigenvalue weighted by Crippen LogP contribution is 2.33. The number of carbonyl (C=O) groups is 1. The highest BCUT2D eigenvalue weighted by Gasteiger charge is 2.21. The van der Waals surface area contributed by atoms with E-state index in [9.17, 15) is 14.9 Å². The second-order valence-electron chi connectivity index (χ2n) is 6.48. The lowest BCUT2D eigenvalue weighted by Crippen LogP contribution is -2.15. The van der Waals surface area contributed by atoms with E-state index in [1.54, 1.807) is 0 Å². The van der Waals surface area contributed by atoms with Crippen LogP contribution in [-0.2, 0) is 33.9 Å². The van der Waals surface area contributed by atoms with Crippen LogP contribution in [0.2, 0.25) is 0 Å². The van der Waals surface area contributed by atoms with Gasteiger partial charge in [-0.05, 0) is 16.3 Å². The van der Waals surface area contributed by atoms with E-state index in [1.165, 1.54) is 12.1 Å². The molecule has 3 aromatic carbocycles. The summed E-state index contributed by atoms with van der Waals surface area (Å²) in [6.45, 7) is 0.175. The van der Waals surface area contributed by atoms with E-state index in [1.807, 2.05) is 42.5 Å². The van der Waals surface area contributed by atoms with E-state index in [4.69, 9.17) is 14.2 Å². The van der Waals surface area contributed by atoms with Gasteiger partial charge in [0.2, 0.25) is 0 Å². The zero-order valence-electron chi connectivity index (χ0n) is 14.9. The van der Waals surface area contributed by atoms with Gasteiger partial charge < -0.3 is 14.2 Å². The molecule has 0 fully saturated rings.